The zero-order valence-corrected chi connectivity index (χ0v) is 32.8. The Labute approximate surface area is 319 Å². The lowest BCUT2D eigenvalue weighted by molar-refractivity contribution is -0.151. The maximum absolute atomic E-state index is 14.1. The van der Waals surface area contributed by atoms with Crippen LogP contribution in [-0.2, 0) is 46.7 Å². The molecule has 0 bridgehead atoms. The van der Waals surface area contributed by atoms with Crippen LogP contribution in [0.2, 0.25) is 0 Å². The lowest BCUT2D eigenvalue weighted by atomic mass is 9.85. The Morgan fingerprint density at radius 1 is 0.778 bits per heavy atom. The fourth-order valence-electron chi connectivity index (χ4n) is 6.20. The second kappa shape index (κ2) is 21.1. The molecule has 0 radical (unpaired) electrons. The first kappa shape index (κ1) is 43.5. The SMILES string of the molecule is CCC(CC)NC(=O)N[C@H](C(=O)N1CCC[C@H]1C(=O)N[C@@H](CC(=O)OCc1ccccc1)C(=O)N[C@@H](CC(C)C)C(=O)OCc1ccccc1)C(C)(C)C. The summed E-state index contributed by atoms with van der Waals surface area (Å²) in [6.07, 6.45) is 2.00. The summed E-state index contributed by atoms with van der Waals surface area (Å²) >= 11 is 0. The predicted molar refractivity (Wildman–Crippen MR) is 204 cm³/mol. The predicted octanol–water partition coefficient (Wildman–Crippen LogP) is 4.77. The zero-order chi connectivity index (χ0) is 39.8. The van der Waals surface area contributed by atoms with Gasteiger partial charge in [-0.15, -0.1) is 0 Å². The Hall–Kier alpha value is -4.94. The van der Waals surface area contributed by atoms with E-state index in [2.05, 4.69) is 21.3 Å². The summed E-state index contributed by atoms with van der Waals surface area (Å²) in [7, 11) is 0. The number of carbonyl (C=O) groups excluding carboxylic acids is 6. The number of rotatable bonds is 18. The summed E-state index contributed by atoms with van der Waals surface area (Å²) in [6, 6.07) is 13.2. The molecule has 4 atom stereocenters. The van der Waals surface area contributed by atoms with Crippen molar-refractivity contribution < 1.29 is 38.2 Å². The molecule has 0 saturated carbocycles. The van der Waals surface area contributed by atoms with Crippen molar-refractivity contribution in [1.29, 1.82) is 0 Å². The Kier molecular flexibility index (Phi) is 17.0. The van der Waals surface area contributed by atoms with Gasteiger partial charge in [0, 0.05) is 12.6 Å². The number of nitrogens with one attached hydrogen (secondary N) is 4. The first-order chi connectivity index (χ1) is 25.6. The van der Waals surface area contributed by atoms with Gasteiger partial charge >= 0.3 is 18.0 Å². The lowest BCUT2D eigenvalue weighted by Crippen LogP contribution is -2.61. The highest BCUT2D eigenvalue weighted by Crippen LogP contribution is 2.26. The molecule has 5 amide bonds. The number of benzene rings is 2. The van der Waals surface area contributed by atoms with Gasteiger partial charge in [0.05, 0.1) is 6.42 Å². The number of ether oxygens (including phenoxy) is 2. The third-order valence-corrected chi connectivity index (χ3v) is 9.33. The van der Waals surface area contributed by atoms with E-state index in [-0.39, 0.29) is 38.1 Å². The number of carbonyl (C=O) groups is 6. The van der Waals surface area contributed by atoms with E-state index in [1.807, 2.05) is 84.9 Å². The van der Waals surface area contributed by atoms with Crippen LogP contribution >= 0.6 is 0 Å². The number of likely N-dealkylation sites (tertiary alicyclic amines) is 1. The van der Waals surface area contributed by atoms with E-state index in [1.54, 1.807) is 24.3 Å². The molecule has 0 unspecified atom stereocenters. The van der Waals surface area contributed by atoms with Crippen molar-refractivity contribution in [1.82, 2.24) is 26.2 Å². The highest BCUT2D eigenvalue weighted by Gasteiger charge is 2.43. The fraction of sp³-hybridized carbons (Fsp3) is 0.561. The summed E-state index contributed by atoms with van der Waals surface area (Å²) in [4.78, 5) is 82.7. The molecule has 4 N–H and O–H groups in total. The summed E-state index contributed by atoms with van der Waals surface area (Å²) < 4.78 is 11.0. The maximum atomic E-state index is 14.1. The van der Waals surface area contributed by atoms with Gasteiger partial charge in [0.25, 0.3) is 0 Å². The van der Waals surface area contributed by atoms with E-state index in [9.17, 15) is 28.8 Å². The third kappa shape index (κ3) is 13.8. The van der Waals surface area contributed by atoms with Crippen molar-refractivity contribution in [2.45, 2.75) is 130 Å². The Morgan fingerprint density at radius 3 is 1.89 bits per heavy atom. The van der Waals surface area contributed by atoms with Gasteiger partial charge in [-0.3, -0.25) is 19.2 Å². The van der Waals surface area contributed by atoms with Crippen LogP contribution in [0.5, 0.6) is 0 Å². The second-order valence-corrected chi connectivity index (χ2v) is 15.3. The molecule has 1 aliphatic rings. The first-order valence-electron chi connectivity index (χ1n) is 19.0. The molecule has 0 spiro atoms. The number of esters is 2. The summed E-state index contributed by atoms with van der Waals surface area (Å²) in [5.74, 6) is -3.25. The molecule has 1 heterocycles. The van der Waals surface area contributed by atoms with Gasteiger partial charge in [0.15, 0.2) is 0 Å². The number of nitrogens with zero attached hydrogens (tertiary/aromatic N) is 1. The fourth-order valence-corrected chi connectivity index (χ4v) is 6.20. The van der Waals surface area contributed by atoms with Crippen molar-refractivity contribution >= 4 is 35.7 Å². The smallest absolute Gasteiger partial charge is 0.328 e. The van der Waals surface area contributed by atoms with E-state index >= 15 is 0 Å². The molecule has 296 valence electrons. The molecular formula is C41H59N5O8. The number of hydrogen-bond donors (Lipinski definition) is 4. The number of amides is 5. The van der Waals surface area contributed by atoms with Gasteiger partial charge in [-0.25, -0.2) is 9.59 Å². The Bertz CT molecular complexity index is 1540. The van der Waals surface area contributed by atoms with Crippen molar-refractivity contribution in [3.8, 4) is 0 Å². The molecule has 0 aromatic heterocycles. The van der Waals surface area contributed by atoms with Crippen molar-refractivity contribution in [2.75, 3.05) is 6.54 Å². The van der Waals surface area contributed by atoms with Crippen molar-refractivity contribution in [3.63, 3.8) is 0 Å². The van der Waals surface area contributed by atoms with Gasteiger partial charge in [-0.05, 0) is 54.6 Å². The van der Waals surface area contributed by atoms with Gasteiger partial charge in [0.2, 0.25) is 17.7 Å². The highest BCUT2D eigenvalue weighted by atomic mass is 16.5. The Balaban J connectivity index is 1.81. The van der Waals surface area contributed by atoms with Crippen LogP contribution in [-0.4, -0.2) is 77.3 Å². The van der Waals surface area contributed by atoms with E-state index in [4.69, 9.17) is 9.47 Å². The number of urea groups is 1. The molecule has 3 rings (SSSR count). The minimum absolute atomic E-state index is 0.00548. The standard InChI is InChI=1S/C41H59N5O8/c1-8-30(9-2)42-40(52)45-35(41(5,6)7)38(50)46-22-16-21-33(46)37(49)43-31(24-34(47)53-25-28-17-12-10-13-18-28)36(48)44-32(23-27(3)4)39(51)54-26-29-19-14-11-15-20-29/h10-15,17-20,27,30-33,35H,8-9,16,21-26H2,1-7H3,(H,43,49)(H,44,48)(H2,42,45,52)/t31-,32-,33-,35+/m0/s1. The average Bonchev–Trinajstić information content (AvgIpc) is 3.64. The maximum Gasteiger partial charge on any atom is 0.328 e. The molecule has 13 nitrogen and oxygen atoms in total. The van der Waals surface area contributed by atoms with Crippen LogP contribution in [0.4, 0.5) is 4.79 Å². The zero-order valence-electron chi connectivity index (χ0n) is 32.8. The molecule has 1 fully saturated rings. The van der Waals surface area contributed by atoms with E-state index in [1.165, 1.54) is 4.90 Å². The van der Waals surface area contributed by atoms with Crippen LogP contribution in [0, 0.1) is 11.3 Å². The lowest BCUT2D eigenvalue weighted by Gasteiger charge is -2.36. The quantitative estimate of drug-likeness (QED) is 0.158. The largest absolute Gasteiger partial charge is 0.461 e. The van der Waals surface area contributed by atoms with Crippen molar-refractivity contribution in [3.05, 3.63) is 71.8 Å². The second-order valence-electron chi connectivity index (χ2n) is 15.3. The molecule has 2 aromatic rings. The summed E-state index contributed by atoms with van der Waals surface area (Å²) in [6.45, 7) is 13.4. The minimum atomic E-state index is -1.43. The first-order valence-corrected chi connectivity index (χ1v) is 19.0. The van der Waals surface area contributed by atoms with E-state index in [0.717, 1.165) is 24.0 Å². The van der Waals surface area contributed by atoms with Gasteiger partial charge < -0.3 is 35.6 Å². The Morgan fingerprint density at radius 2 is 1.35 bits per heavy atom. The molecular weight excluding hydrogens is 690 g/mol. The van der Waals surface area contributed by atoms with E-state index < -0.39 is 71.7 Å². The van der Waals surface area contributed by atoms with Crippen LogP contribution in [0.25, 0.3) is 0 Å². The summed E-state index contributed by atoms with van der Waals surface area (Å²) in [5, 5.41) is 11.1. The van der Waals surface area contributed by atoms with Crippen LogP contribution in [0.1, 0.15) is 98.1 Å². The van der Waals surface area contributed by atoms with Crippen LogP contribution < -0.4 is 21.3 Å². The van der Waals surface area contributed by atoms with Crippen LogP contribution in [0.3, 0.4) is 0 Å². The topological polar surface area (TPSA) is 172 Å². The van der Waals surface area contributed by atoms with Gasteiger partial charge in [-0.1, -0.05) is 109 Å². The van der Waals surface area contributed by atoms with E-state index in [0.29, 0.717) is 12.8 Å². The number of hydrogen-bond acceptors (Lipinski definition) is 8. The normalized spacial score (nSPS) is 15.9. The molecule has 0 aliphatic carbocycles. The monoisotopic (exact) mass is 749 g/mol. The summed E-state index contributed by atoms with van der Waals surface area (Å²) in [5.41, 5.74) is 0.820. The van der Waals surface area contributed by atoms with Gasteiger partial charge in [0.1, 0.15) is 37.4 Å². The molecule has 54 heavy (non-hydrogen) atoms. The molecule has 2 aromatic carbocycles. The minimum Gasteiger partial charge on any atom is -0.461 e. The van der Waals surface area contributed by atoms with Gasteiger partial charge in [-0.2, -0.15) is 0 Å². The molecule has 1 aliphatic heterocycles. The van der Waals surface area contributed by atoms with Crippen molar-refractivity contribution in [2.24, 2.45) is 11.3 Å². The molecule has 13 heteroatoms. The molecule has 1 saturated heterocycles. The van der Waals surface area contributed by atoms with Crippen LogP contribution in [0.15, 0.2) is 60.7 Å². The average molecular weight is 750 g/mol. The third-order valence-electron chi connectivity index (χ3n) is 9.33. The highest BCUT2D eigenvalue weighted by molar-refractivity contribution is 5.97.